The highest BCUT2D eigenvalue weighted by Gasteiger charge is 2.20. The van der Waals surface area contributed by atoms with E-state index in [1.807, 2.05) is 19.1 Å². The Hall–Kier alpha value is -2.87. The van der Waals surface area contributed by atoms with Crippen molar-refractivity contribution in [3.63, 3.8) is 0 Å². The first kappa shape index (κ1) is 22.8. The van der Waals surface area contributed by atoms with Crippen LogP contribution in [0.15, 0.2) is 53.4 Å². The molecule has 3 rings (SSSR count). The first-order valence-electron chi connectivity index (χ1n) is 10.6. The quantitative estimate of drug-likeness (QED) is 0.545. The third-order valence-electron chi connectivity index (χ3n) is 5.42. The Labute approximate surface area is 183 Å². The molecule has 0 bridgehead atoms. The normalized spacial score (nSPS) is 14.6. The van der Waals surface area contributed by atoms with E-state index in [0.717, 1.165) is 31.2 Å². The number of carbonyl (C=O) groups excluding carboxylic acids is 2. The van der Waals surface area contributed by atoms with Crippen LogP contribution in [0.3, 0.4) is 0 Å². The van der Waals surface area contributed by atoms with Gasteiger partial charge in [-0.2, -0.15) is 0 Å². The zero-order valence-corrected chi connectivity index (χ0v) is 18.5. The highest BCUT2D eigenvalue weighted by Crippen LogP contribution is 2.23. The Morgan fingerprint density at radius 2 is 1.48 bits per heavy atom. The van der Waals surface area contributed by atoms with Gasteiger partial charge in [-0.25, -0.2) is 8.42 Å². The fourth-order valence-electron chi connectivity index (χ4n) is 3.59. The van der Waals surface area contributed by atoms with E-state index in [0.29, 0.717) is 24.3 Å². The van der Waals surface area contributed by atoms with Crippen LogP contribution in [0.1, 0.15) is 48.0 Å². The second-order valence-electron chi connectivity index (χ2n) is 7.88. The number of rotatable bonds is 8. The SMILES string of the molecule is Cc1ccc(NS(=O)(=O)c2ccc(C(=O)NCCNC(=O)C3CCCCC3)cc2)cc1. The van der Waals surface area contributed by atoms with Crippen LogP contribution in [0.25, 0.3) is 0 Å². The lowest BCUT2D eigenvalue weighted by atomic mass is 9.89. The van der Waals surface area contributed by atoms with Gasteiger partial charge in [-0.1, -0.05) is 37.0 Å². The van der Waals surface area contributed by atoms with Gasteiger partial charge in [0.25, 0.3) is 15.9 Å². The molecule has 2 amide bonds. The summed E-state index contributed by atoms with van der Waals surface area (Å²) in [5, 5.41) is 5.62. The van der Waals surface area contributed by atoms with Crippen molar-refractivity contribution >= 4 is 27.5 Å². The lowest BCUT2D eigenvalue weighted by molar-refractivity contribution is -0.125. The maximum absolute atomic E-state index is 12.5. The van der Waals surface area contributed by atoms with Gasteiger partial charge < -0.3 is 10.6 Å². The highest BCUT2D eigenvalue weighted by molar-refractivity contribution is 7.92. The number of amides is 2. The molecule has 1 saturated carbocycles. The number of hydrogen-bond donors (Lipinski definition) is 3. The van der Waals surface area contributed by atoms with Gasteiger partial charge in [0.05, 0.1) is 4.90 Å². The predicted molar refractivity (Wildman–Crippen MR) is 120 cm³/mol. The molecule has 31 heavy (non-hydrogen) atoms. The second kappa shape index (κ2) is 10.4. The van der Waals surface area contributed by atoms with Crippen molar-refractivity contribution in [3.8, 4) is 0 Å². The van der Waals surface area contributed by atoms with E-state index in [4.69, 9.17) is 0 Å². The van der Waals surface area contributed by atoms with Gasteiger partial charge in [0, 0.05) is 30.3 Å². The van der Waals surface area contributed by atoms with Gasteiger partial charge in [-0.15, -0.1) is 0 Å². The molecule has 0 radical (unpaired) electrons. The van der Waals surface area contributed by atoms with Crippen molar-refractivity contribution in [1.82, 2.24) is 10.6 Å². The second-order valence-corrected chi connectivity index (χ2v) is 9.56. The summed E-state index contributed by atoms with van der Waals surface area (Å²) in [6, 6.07) is 12.8. The van der Waals surface area contributed by atoms with Crippen molar-refractivity contribution in [3.05, 3.63) is 59.7 Å². The van der Waals surface area contributed by atoms with E-state index in [9.17, 15) is 18.0 Å². The van der Waals surface area contributed by atoms with Crippen molar-refractivity contribution < 1.29 is 18.0 Å². The summed E-state index contributed by atoms with van der Waals surface area (Å²) in [7, 11) is -3.74. The van der Waals surface area contributed by atoms with Gasteiger partial charge in [0.15, 0.2) is 0 Å². The molecule has 0 spiro atoms. The first-order valence-corrected chi connectivity index (χ1v) is 12.1. The molecule has 0 heterocycles. The Morgan fingerprint density at radius 3 is 2.13 bits per heavy atom. The minimum Gasteiger partial charge on any atom is -0.354 e. The Balaban J connectivity index is 1.48. The number of carbonyl (C=O) groups is 2. The number of benzene rings is 2. The van der Waals surface area contributed by atoms with Crippen LogP contribution in [0.2, 0.25) is 0 Å². The smallest absolute Gasteiger partial charge is 0.261 e. The fourth-order valence-corrected chi connectivity index (χ4v) is 4.65. The Kier molecular flexibility index (Phi) is 7.68. The molecule has 0 unspecified atom stereocenters. The summed E-state index contributed by atoms with van der Waals surface area (Å²) in [4.78, 5) is 24.5. The molecule has 1 aliphatic carbocycles. The van der Waals surface area contributed by atoms with Crippen LogP contribution >= 0.6 is 0 Å². The Bertz CT molecular complexity index is 996. The maximum atomic E-state index is 12.5. The van der Waals surface area contributed by atoms with Crippen molar-refractivity contribution in [1.29, 1.82) is 0 Å². The number of anilines is 1. The van der Waals surface area contributed by atoms with Crippen molar-refractivity contribution in [2.45, 2.75) is 43.9 Å². The van der Waals surface area contributed by atoms with E-state index in [1.54, 1.807) is 12.1 Å². The molecule has 1 aliphatic rings. The van der Waals surface area contributed by atoms with E-state index in [-0.39, 0.29) is 22.6 Å². The standard InChI is InChI=1S/C23H29N3O4S/c1-17-7-11-20(12-8-17)26-31(29,30)21-13-9-19(10-14-21)23(28)25-16-15-24-22(27)18-5-3-2-4-6-18/h7-14,18,26H,2-6,15-16H2,1H3,(H,24,27)(H,25,28). The molecule has 3 N–H and O–H groups in total. The van der Waals surface area contributed by atoms with Gasteiger partial charge in [-0.3, -0.25) is 14.3 Å². The van der Waals surface area contributed by atoms with Crippen LogP contribution in [0.4, 0.5) is 5.69 Å². The summed E-state index contributed by atoms with van der Waals surface area (Å²) >= 11 is 0. The third-order valence-corrected chi connectivity index (χ3v) is 6.81. The summed E-state index contributed by atoms with van der Waals surface area (Å²) in [6.45, 7) is 2.60. The lowest BCUT2D eigenvalue weighted by Crippen LogP contribution is -2.38. The largest absolute Gasteiger partial charge is 0.354 e. The van der Waals surface area contributed by atoms with Gasteiger partial charge in [0.1, 0.15) is 0 Å². The minimum atomic E-state index is -3.74. The molecule has 2 aromatic rings. The highest BCUT2D eigenvalue weighted by atomic mass is 32.2. The van der Waals surface area contributed by atoms with E-state index in [2.05, 4.69) is 15.4 Å². The maximum Gasteiger partial charge on any atom is 0.261 e. The third kappa shape index (κ3) is 6.55. The van der Waals surface area contributed by atoms with Crippen LogP contribution < -0.4 is 15.4 Å². The number of sulfonamides is 1. The van der Waals surface area contributed by atoms with E-state index in [1.165, 1.54) is 30.7 Å². The van der Waals surface area contributed by atoms with Crippen LogP contribution in [0.5, 0.6) is 0 Å². The summed E-state index contributed by atoms with van der Waals surface area (Å²) < 4.78 is 27.6. The van der Waals surface area contributed by atoms with Gasteiger partial charge >= 0.3 is 0 Å². The molecule has 1 fully saturated rings. The van der Waals surface area contributed by atoms with Gasteiger partial charge in [-0.05, 0) is 56.2 Å². The first-order chi connectivity index (χ1) is 14.8. The average molecular weight is 444 g/mol. The molecule has 7 nitrogen and oxygen atoms in total. The molecule has 8 heteroatoms. The predicted octanol–water partition coefficient (Wildman–Crippen LogP) is 3.22. The molecule has 0 atom stereocenters. The molecule has 0 aromatic heterocycles. The van der Waals surface area contributed by atoms with E-state index < -0.39 is 10.0 Å². The molecule has 166 valence electrons. The lowest BCUT2D eigenvalue weighted by Gasteiger charge is -2.20. The topological polar surface area (TPSA) is 104 Å². The molecular formula is C23H29N3O4S. The van der Waals surface area contributed by atoms with Crippen LogP contribution in [0, 0.1) is 12.8 Å². The van der Waals surface area contributed by atoms with Crippen molar-refractivity contribution in [2.24, 2.45) is 5.92 Å². The monoisotopic (exact) mass is 443 g/mol. The molecule has 2 aromatic carbocycles. The molecule has 0 saturated heterocycles. The minimum absolute atomic E-state index is 0.0598. The number of nitrogens with one attached hydrogen (secondary N) is 3. The summed E-state index contributed by atoms with van der Waals surface area (Å²) in [5.74, 6) is -0.167. The molecule has 0 aliphatic heterocycles. The van der Waals surface area contributed by atoms with Crippen molar-refractivity contribution in [2.75, 3.05) is 17.8 Å². The number of aryl methyl sites for hydroxylation is 1. The van der Waals surface area contributed by atoms with Gasteiger partial charge in [0.2, 0.25) is 5.91 Å². The summed E-state index contributed by atoms with van der Waals surface area (Å²) in [5.41, 5.74) is 1.86. The van der Waals surface area contributed by atoms with E-state index >= 15 is 0 Å². The summed E-state index contributed by atoms with van der Waals surface area (Å²) in [6.07, 6.45) is 5.27. The number of hydrogen-bond acceptors (Lipinski definition) is 4. The van der Waals surface area contributed by atoms with Crippen LogP contribution in [-0.2, 0) is 14.8 Å². The fraction of sp³-hybridized carbons (Fsp3) is 0.391. The zero-order valence-electron chi connectivity index (χ0n) is 17.7. The Morgan fingerprint density at radius 1 is 0.871 bits per heavy atom. The zero-order chi connectivity index (χ0) is 22.3. The molecular weight excluding hydrogens is 414 g/mol. The average Bonchev–Trinajstić information content (AvgIpc) is 2.78. The van der Waals surface area contributed by atoms with Crippen LogP contribution in [-0.4, -0.2) is 33.3 Å².